The van der Waals surface area contributed by atoms with E-state index in [0.29, 0.717) is 37.2 Å². The number of benzene rings is 1. The average Bonchev–Trinajstić information content (AvgIpc) is 3.17. The molecule has 1 aliphatic rings. The molecule has 1 aliphatic heterocycles. The van der Waals surface area contributed by atoms with E-state index in [2.05, 4.69) is 9.84 Å². The van der Waals surface area contributed by atoms with E-state index in [1.165, 1.54) is 23.9 Å². The molecule has 156 valence electrons. The molecule has 0 bridgehead atoms. The van der Waals surface area contributed by atoms with Crippen molar-refractivity contribution in [1.82, 2.24) is 9.78 Å². The van der Waals surface area contributed by atoms with Gasteiger partial charge in [-0.15, -0.1) is 0 Å². The predicted octanol–water partition coefficient (Wildman–Crippen LogP) is 3.75. The van der Waals surface area contributed by atoms with Gasteiger partial charge >= 0.3 is 12.1 Å². The van der Waals surface area contributed by atoms with Crippen LogP contribution in [0.2, 0.25) is 0 Å². The van der Waals surface area contributed by atoms with Gasteiger partial charge in [0.1, 0.15) is 5.56 Å². The second-order valence-electron chi connectivity index (χ2n) is 6.83. The number of halogens is 3. The molecule has 11 heteroatoms. The van der Waals surface area contributed by atoms with Crippen molar-refractivity contribution in [2.75, 3.05) is 25.1 Å². The molecule has 1 atom stereocenters. The van der Waals surface area contributed by atoms with Crippen LogP contribution in [0.5, 0.6) is 0 Å². The number of nitrogens with zero attached hydrogens (tertiary/aromatic N) is 4. The Morgan fingerprint density at radius 1 is 1.38 bits per heavy atom. The van der Waals surface area contributed by atoms with E-state index < -0.39 is 22.8 Å². The first-order valence-electron chi connectivity index (χ1n) is 8.86. The second-order valence-corrected chi connectivity index (χ2v) is 6.83. The molecule has 0 saturated carbocycles. The Hall–Kier alpha value is -3.11. The molecule has 0 spiro atoms. The fraction of sp³-hybridized carbons (Fsp3) is 0.444. The Bertz CT molecular complexity index is 942. The summed E-state index contributed by atoms with van der Waals surface area (Å²) >= 11 is 0. The van der Waals surface area contributed by atoms with Gasteiger partial charge in [0.05, 0.1) is 18.1 Å². The SMILES string of the molecule is COC(=O)c1cc(N2CCCC(n3ccc(C(F)(F)F)n3)C2)cc(C)c1[N+](=O)[O-]. The number of ether oxygens (including phenoxy) is 1. The van der Waals surface area contributed by atoms with Gasteiger partial charge in [0.25, 0.3) is 5.69 Å². The lowest BCUT2D eigenvalue weighted by atomic mass is 10.0. The van der Waals surface area contributed by atoms with E-state index >= 15 is 0 Å². The highest BCUT2D eigenvalue weighted by Crippen LogP contribution is 2.34. The zero-order chi connectivity index (χ0) is 21.3. The minimum absolute atomic E-state index is 0.159. The summed E-state index contributed by atoms with van der Waals surface area (Å²) in [4.78, 5) is 24.6. The number of methoxy groups -OCH3 is 1. The van der Waals surface area contributed by atoms with Crippen LogP contribution in [0.1, 0.15) is 40.5 Å². The van der Waals surface area contributed by atoms with E-state index in [1.54, 1.807) is 6.07 Å². The molecule has 0 aliphatic carbocycles. The first kappa shape index (κ1) is 20.6. The van der Waals surface area contributed by atoms with Gasteiger partial charge in [0.2, 0.25) is 0 Å². The average molecular weight is 412 g/mol. The Balaban J connectivity index is 1.91. The molecule has 1 aromatic carbocycles. The number of anilines is 1. The van der Waals surface area contributed by atoms with E-state index in [1.807, 2.05) is 4.90 Å². The largest absolute Gasteiger partial charge is 0.465 e. The van der Waals surface area contributed by atoms with Gasteiger partial charge in [-0.05, 0) is 38.0 Å². The van der Waals surface area contributed by atoms with Crippen molar-refractivity contribution in [1.29, 1.82) is 0 Å². The molecular weight excluding hydrogens is 393 g/mol. The molecule has 3 rings (SSSR count). The minimum atomic E-state index is -4.51. The van der Waals surface area contributed by atoms with Crippen LogP contribution in [0.15, 0.2) is 24.4 Å². The van der Waals surface area contributed by atoms with Crippen LogP contribution in [0.4, 0.5) is 24.5 Å². The number of carbonyl (C=O) groups excluding carboxylic acids is 1. The number of hydrogen-bond donors (Lipinski definition) is 0. The summed E-state index contributed by atoms with van der Waals surface area (Å²) in [6.07, 6.45) is -1.87. The molecule has 1 aromatic heterocycles. The molecule has 2 heterocycles. The number of nitro benzene ring substituents is 1. The van der Waals surface area contributed by atoms with Crippen molar-refractivity contribution in [3.8, 4) is 0 Å². The molecular formula is C18H19F3N4O4. The highest BCUT2D eigenvalue weighted by atomic mass is 19.4. The summed E-state index contributed by atoms with van der Waals surface area (Å²) in [7, 11) is 1.14. The fourth-order valence-corrected chi connectivity index (χ4v) is 3.55. The molecule has 1 saturated heterocycles. The first-order chi connectivity index (χ1) is 13.6. The minimum Gasteiger partial charge on any atom is -0.465 e. The van der Waals surface area contributed by atoms with Crippen LogP contribution < -0.4 is 4.90 Å². The van der Waals surface area contributed by atoms with Crippen LogP contribution in [-0.2, 0) is 10.9 Å². The van der Waals surface area contributed by atoms with Gasteiger partial charge in [0, 0.05) is 30.5 Å². The number of piperidine rings is 1. The van der Waals surface area contributed by atoms with Gasteiger partial charge in [0.15, 0.2) is 5.69 Å². The smallest absolute Gasteiger partial charge is 0.435 e. The molecule has 1 fully saturated rings. The van der Waals surface area contributed by atoms with Gasteiger partial charge in [-0.2, -0.15) is 18.3 Å². The van der Waals surface area contributed by atoms with Crippen LogP contribution >= 0.6 is 0 Å². The summed E-state index contributed by atoms with van der Waals surface area (Å²) in [5.74, 6) is -0.822. The maximum Gasteiger partial charge on any atom is 0.435 e. The summed E-state index contributed by atoms with van der Waals surface area (Å²) in [6.45, 7) is 2.48. The number of carbonyl (C=O) groups is 1. The third-order valence-corrected chi connectivity index (χ3v) is 4.91. The molecule has 0 amide bonds. The molecule has 1 unspecified atom stereocenters. The maximum atomic E-state index is 12.8. The van der Waals surface area contributed by atoms with Gasteiger partial charge in [-0.1, -0.05) is 0 Å². The van der Waals surface area contributed by atoms with Crippen LogP contribution in [0.25, 0.3) is 0 Å². The topological polar surface area (TPSA) is 90.5 Å². The highest BCUT2D eigenvalue weighted by Gasteiger charge is 2.35. The molecule has 8 nitrogen and oxygen atoms in total. The lowest BCUT2D eigenvalue weighted by molar-refractivity contribution is -0.385. The number of esters is 1. The van der Waals surface area contributed by atoms with Crippen molar-refractivity contribution in [2.45, 2.75) is 32.0 Å². The zero-order valence-corrected chi connectivity index (χ0v) is 15.8. The lowest BCUT2D eigenvalue weighted by Gasteiger charge is -2.34. The number of alkyl halides is 3. The Kier molecular flexibility index (Phi) is 5.49. The number of hydrogen-bond acceptors (Lipinski definition) is 6. The van der Waals surface area contributed by atoms with Crippen molar-refractivity contribution in [2.24, 2.45) is 0 Å². The van der Waals surface area contributed by atoms with Gasteiger partial charge < -0.3 is 9.64 Å². The molecule has 29 heavy (non-hydrogen) atoms. The third kappa shape index (κ3) is 4.17. The van der Waals surface area contributed by atoms with Crippen molar-refractivity contribution in [3.05, 3.63) is 51.3 Å². The van der Waals surface area contributed by atoms with E-state index in [-0.39, 0.29) is 17.3 Å². The first-order valence-corrected chi connectivity index (χ1v) is 8.86. The van der Waals surface area contributed by atoms with Crippen LogP contribution in [0.3, 0.4) is 0 Å². The van der Waals surface area contributed by atoms with E-state index in [9.17, 15) is 28.1 Å². The number of aromatic nitrogens is 2. The van der Waals surface area contributed by atoms with Crippen molar-refractivity contribution >= 4 is 17.3 Å². The normalized spacial score (nSPS) is 17.3. The van der Waals surface area contributed by atoms with Crippen molar-refractivity contribution in [3.63, 3.8) is 0 Å². The van der Waals surface area contributed by atoms with Crippen LogP contribution in [-0.4, -0.2) is 40.9 Å². The number of aryl methyl sites for hydroxylation is 1. The number of rotatable bonds is 4. The standard InChI is InChI=1S/C18H19F3N4O4/c1-11-8-13(9-14(17(26)29-2)16(11)25(27)28)23-6-3-4-12(10-23)24-7-5-15(22-24)18(19,20)21/h5,7-9,12H,3-4,6,10H2,1-2H3. The van der Waals surface area contributed by atoms with Crippen molar-refractivity contribution < 1.29 is 27.6 Å². The highest BCUT2D eigenvalue weighted by molar-refractivity contribution is 5.95. The summed E-state index contributed by atoms with van der Waals surface area (Å²) < 4.78 is 44.4. The number of nitro groups is 1. The Morgan fingerprint density at radius 3 is 2.69 bits per heavy atom. The zero-order valence-electron chi connectivity index (χ0n) is 15.8. The van der Waals surface area contributed by atoms with E-state index in [4.69, 9.17) is 0 Å². The second kappa shape index (κ2) is 7.72. The Labute approximate surface area is 164 Å². The molecule has 0 N–H and O–H groups in total. The predicted molar refractivity (Wildman–Crippen MR) is 96.9 cm³/mol. The van der Waals surface area contributed by atoms with Gasteiger partial charge in [-0.25, -0.2) is 4.79 Å². The lowest BCUT2D eigenvalue weighted by Crippen LogP contribution is -2.37. The molecule has 2 aromatic rings. The summed E-state index contributed by atoms with van der Waals surface area (Å²) in [5.41, 5.74) is -0.562. The summed E-state index contributed by atoms with van der Waals surface area (Å²) in [5, 5.41) is 15.0. The van der Waals surface area contributed by atoms with E-state index in [0.717, 1.165) is 13.2 Å². The Morgan fingerprint density at radius 2 is 2.10 bits per heavy atom. The van der Waals surface area contributed by atoms with Gasteiger partial charge in [-0.3, -0.25) is 14.8 Å². The maximum absolute atomic E-state index is 12.8. The quantitative estimate of drug-likeness (QED) is 0.432. The third-order valence-electron chi connectivity index (χ3n) is 4.91. The fourth-order valence-electron chi connectivity index (χ4n) is 3.55. The molecule has 0 radical (unpaired) electrons. The summed E-state index contributed by atoms with van der Waals surface area (Å²) in [6, 6.07) is 3.63. The monoisotopic (exact) mass is 412 g/mol. The van der Waals surface area contributed by atoms with Crippen LogP contribution in [0, 0.1) is 17.0 Å².